The van der Waals surface area contributed by atoms with Crippen molar-refractivity contribution in [2.45, 2.75) is 45.3 Å². The van der Waals surface area contributed by atoms with E-state index in [1.807, 2.05) is 0 Å². The van der Waals surface area contributed by atoms with Crippen molar-refractivity contribution in [2.75, 3.05) is 26.1 Å². The fraction of sp³-hybridized carbons (Fsp3) is 0.611. The number of piperidine rings is 1. The molecule has 142 valence electrons. The van der Waals surface area contributed by atoms with Crippen LogP contribution in [0.4, 0.5) is 0 Å². The molecule has 0 saturated carbocycles. The number of hydrogen-bond donors (Lipinski definition) is 2. The van der Waals surface area contributed by atoms with E-state index in [4.69, 9.17) is 25.0 Å². The summed E-state index contributed by atoms with van der Waals surface area (Å²) in [5.74, 6) is -2.59. The lowest BCUT2D eigenvalue weighted by molar-refractivity contribution is 0.0946. The normalized spacial score (nSPS) is 36.6. The summed E-state index contributed by atoms with van der Waals surface area (Å²) in [5.41, 5.74) is -3.84. The molecular formula is C18H26N4O4. The van der Waals surface area contributed by atoms with Crippen LogP contribution in [-0.2, 0) is 0 Å². The molecule has 0 bridgehead atoms. The SMILES string of the molecule is [2H]N(CCCN1C([2H])([2H])C([2H])([2H])C([2H])([2H])C([2H])([2H])C1([2H])[2H])C(=O)c1c(O)c2ncoc2n(C([2H])(C)C([2H])([2H])[2H])c1=O. The molecule has 3 rings (SSSR count). The summed E-state index contributed by atoms with van der Waals surface area (Å²) in [6.07, 6.45) is -10.5. The Hall–Kier alpha value is -2.35. The van der Waals surface area contributed by atoms with E-state index in [-0.39, 0.29) is 14.8 Å². The van der Waals surface area contributed by atoms with Crippen molar-refractivity contribution in [3.8, 4) is 5.75 Å². The van der Waals surface area contributed by atoms with Crippen molar-refractivity contribution >= 4 is 17.1 Å². The molecular weight excluding hydrogens is 336 g/mol. The fourth-order valence-electron chi connectivity index (χ4n) is 2.33. The largest absolute Gasteiger partial charge is 0.505 e. The van der Waals surface area contributed by atoms with E-state index in [2.05, 4.69) is 4.98 Å². The van der Waals surface area contributed by atoms with Gasteiger partial charge in [-0.25, -0.2) is 4.98 Å². The van der Waals surface area contributed by atoms with Gasteiger partial charge < -0.3 is 19.7 Å². The van der Waals surface area contributed by atoms with Gasteiger partial charge in [0.2, 0.25) is 5.71 Å². The quantitative estimate of drug-likeness (QED) is 0.797. The number of carbonyl (C=O) groups excluding carboxylic acids is 1. The fourth-order valence-corrected chi connectivity index (χ4v) is 2.33. The summed E-state index contributed by atoms with van der Waals surface area (Å²) in [5, 5.41) is 10.7. The topological polar surface area (TPSA) is 101 Å². The first-order valence-electron chi connectivity index (χ1n) is 15.0. The van der Waals surface area contributed by atoms with Crippen molar-refractivity contribution in [3.05, 3.63) is 22.3 Å². The van der Waals surface area contributed by atoms with Gasteiger partial charge in [-0.3, -0.25) is 14.2 Å². The lowest BCUT2D eigenvalue weighted by atomic mass is 10.1. The summed E-state index contributed by atoms with van der Waals surface area (Å²) in [6.45, 7) is -10.7. The van der Waals surface area contributed by atoms with Crippen molar-refractivity contribution < 1.29 is 34.9 Å². The number of aromatic hydroxyl groups is 1. The Morgan fingerprint density at radius 2 is 2.35 bits per heavy atom. The van der Waals surface area contributed by atoms with Crippen LogP contribution in [0.2, 0.25) is 1.41 Å². The number of nitrogens with one attached hydrogen (secondary N) is 1. The first-order chi connectivity index (χ1) is 18.2. The van der Waals surface area contributed by atoms with Crippen LogP contribution in [0.1, 0.15) is 74.9 Å². The number of pyridine rings is 1. The van der Waals surface area contributed by atoms with E-state index in [0.717, 1.165) is 13.3 Å². The zero-order valence-electron chi connectivity index (χ0n) is 28.7. The maximum Gasteiger partial charge on any atom is 0.270 e. The Bertz CT molecular complexity index is 1390. The highest BCUT2D eigenvalue weighted by molar-refractivity contribution is 6.00. The monoisotopic (exact) mass is 377 g/mol. The summed E-state index contributed by atoms with van der Waals surface area (Å²) in [7, 11) is 0. The summed E-state index contributed by atoms with van der Waals surface area (Å²) in [6, 6.07) is -2.73. The van der Waals surface area contributed by atoms with Gasteiger partial charge in [-0.1, -0.05) is 6.37 Å². The Morgan fingerprint density at radius 1 is 1.58 bits per heavy atom. The Balaban J connectivity index is 1.95. The minimum atomic E-state index is -3.61. The van der Waals surface area contributed by atoms with Crippen LogP contribution in [0.3, 0.4) is 0 Å². The average molecular weight is 378 g/mol. The van der Waals surface area contributed by atoms with Crippen molar-refractivity contribution in [2.24, 2.45) is 0 Å². The maximum absolute atomic E-state index is 13.2. The Morgan fingerprint density at radius 3 is 3.08 bits per heavy atom. The van der Waals surface area contributed by atoms with Gasteiger partial charge in [0, 0.05) is 30.4 Å². The standard InChI is InChI=1S/C18H26N4O4/c1-12(2)22-17(25)13(15(23)14-18(22)26-11-20-14)16(24)19-7-6-10-21-8-4-3-5-9-21/h11-12,23H,3-10H2,1-2H3,(H,19,24)/i1D3,3D2,4D2,5D2,8D2,9D2,12D/hD. The van der Waals surface area contributed by atoms with E-state index >= 15 is 0 Å². The number of oxazole rings is 1. The molecule has 0 spiro atoms. The van der Waals surface area contributed by atoms with Crippen LogP contribution in [0.15, 0.2) is 15.6 Å². The smallest absolute Gasteiger partial charge is 0.270 e. The molecule has 1 fully saturated rings. The van der Waals surface area contributed by atoms with Crippen molar-refractivity contribution in [1.29, 1.82) is 0 Å². The van der Waals surface area contributed by atoms with Gasteiger partial charge >= 0.3 is 0 Å². The molecule has 1 saturated heterocycles. The Labute approximate surface area is 172 Å². The number of fused-ring (bicyclic) bond motifs is 1. The summed E-state index contributed by atoms with van der Waals surface area (Å²) in [4.78, 5) is 30.1. The minimum Gasteiger partial charge on any atom is -0.505 e. The van der Waals surface area contributed by atoms with Gasteiger partial charge in [-0.15, -0.1) is 0 Å². The number of rotatable bonds is 6. The maximum atomic E-state index is 13.2. The molecule has 1 aliphatic rings. The Kier molecular flexibility index (Phi) is 2.23. The number of aromatic nitrogens is 2. The summed E-state index contributed by atoms with van der Waals surface area (Å²) < 4.78 is 124. The van der Waals surface area contributed by atoms with Crippen LogP contribution in [0.5, 0.6) is 5.75 Å². The molecule has 3 heterocycles. The first-order valence-corrected chi connectivity index (χ1v) is 7.53. The van der Waals surface area contributed by atoms with Crippen LogP contribution >= 0.6 is 0 Å². The van der Waals surface area contributed by atoms with Crippen LogP contribution in [0, 0.1) is 0 Å². The number of carbonyl (C=O) groups is 1. The van der Waals surface area contributed by atoms with Crippen molar-refractivity contribution in [3.63, 3.8) is 0 Å². The third-order valence-corrected chi connectivity index (χ3v) is 3.48. The van der Waals surface area contributed by atoms with Gasteiger partial charge in [0.05, 0.1) is 1.37 Å². The number of hydrogen-bond acceptors (Lipinski definition) is 6. The second kappa shape index (κ2) is 7.90. The molecule has 1 aliphatic heterocycles. The van der Waals surface area contributed by atoms with Gasteiger partial charge in [0.1, 0.15) is 5.56 Å². The van der Waals surface area contributed by atoms with E-state index in [9.17, 15) is 14.7 Å². The van der Waals surface area contributed by atoms with Gasteiger partial charge in [-0.05, 0) is 52.5 Å². The molecule has 2 aromatic rings. The first kappa shape index (κ1) is 7.34. The molecule has 0 radical (unpaired) electrons. The van der Waals surface area contributed by atoms with E-state index in [0.29, 0.717) is 0 Å². The zero-order chi connectivity index (χ0) is 31.9. The lowest BCUT2D eigenvalue weighted by Crippen LogP contribution is -2.36. The number of nitrogens with zero attached hydrogens (tertiary/aromatic N) is 3. The molecule has 0 aliphatic carbocycles. The molecule has 2 aromatic heterocycles. The second-order valence-electron chi connectivity index (χ2n) is 5.25. The predicted octanol–water partition coefficient (Wildman–Crippen LogP) is 1.88. The van der Waals surface area contributed by atoms with Crippen molar-refractivity contribution in [1.82, 2.24) is 19.8 Å². The van der Waals surface area contributed by atoms with Crippen LogP contribution in [0.25, 0.3) is 11.2 Å². The lowest BCUT2D eigenvalue weighted by Gasteiger charge is -2.26. The molecule has 1 amide bonds. The number of likely N-dealkylation sites (tertiary alicyclic amines) is 1. The molecule has 8 nitrogen and oxygen atoms in total. The zero-order valence-corrected chi connectivity index (χ0v) is 13.7. The highest BCUT2D eigenvalue weighted by Gasteiger charge is 2.25. The van der Waals surface area contributed by atoms with E-state index in [1.54, 1.807) is 0 Å². The summed E-state index contributed by atoms with van der Waals surface area (Å²) >= 11 is 0. The molecule has 0 aromatic carbocycles. The third-order valence-electron chi connectivity index (χ3n) is 3.48. The van der Waals surface area contributed by atoms with Crippen LogP contribution < -0.4 is 10.9 Å². The minimum absolute atomic E-state index is 0.0843. The highest BCUT2D eigenvalue weighted by Crippen LogP contribution is 2.26. The molecule has 26 heavy (non-hydrogen) atoms. The molecule has 1 atom stereocenters. The van der Waals surface area contributed by atoms with Crippen LogP contribution in [-0.4, -0.2) is 51.5 Å². The molecule has 8 heteroatoms. The predicted molar refractivity (Wildman–Crippen MR) is 97.6 cm³/mol. The van der Waals surface area contributed by atoms with E-state index in [1.165, 1.54) is 0 Å². The number of amides is 1. The average Bonchev–Trinajstić information content (AvgIpc) is 3.28. The molecule has 2 N–H and O–H groups in total. The molecule has 1 unspecified atom stereocenters. The highest BCUT2D eigenvalue weighted by atomic mass is 16.3. The van der Waals surface area contributed by atoms with Gasteiger partial charge in [-0.2, -0.15) is 0 Å². The van der Waals surface area contributed by atoms with E-state index < -0.39 is 98.5 Å². The second-order valence-corrected chi connectivity index (χ2v) is 5.25. The third kappa shape index (κ3) is 3.60. The van der Waals surface area contributed by atoms with Gasteiger partial charge in [0.15, 0.2) is 19.1 Å². The van der Waals surface area contributed by atoms with Gasteiger partial charge in [0.25, 0.3) is 11.5 Å².